The molecule has 3 nitrogen and oxygen atoms in total. The average molecular weight is 249 g/mol. The lowest BCUT2D eigenvalue weighted by Crippen LogP contribution is -2.29. The second-order valence-electron chi connectivity index (χ2n) is 4.97. The zero-order chi connectivity index (χ0) is 13.5. The van der Waals surface area contributed by atoms with Crippen LogP contribution in [0.3, 0.4) is 0 Å². The normalized spacial score (nSPS) is 12.5. The van der Waals surface area contributed by atoms with Gasteiger partial charge >= 0.3 is 0 Å². The fraction of sp³-hybridized carbons (Fsp3) is 0.533. The summed E-state index contributed by atoms with van der Waals surface area (Å²) < 4.78 is 0. The molecule has 0 aliphatic rings. The lowest BCUT2D eigenvalue weighted by Gasteiger charge is -2.17. The monoisotopic (exact) mass is 249 g/mol. The number of anilines is 1. The summed E-state index contributed by atoms with van der Waals surface area (Å²) in [7, 11) is 0. The Labute approximate surface area is 109 Å². The maximum atomic E-state index is 11.9. The van der Waals surface area contributed by atoms with Gasteiger partial charge in [-0.25, -0.2) is 0 Å². The molecule has 0 saturated carbocycles. The van der Waals surface area contributed by atoms with E-state index in [-0.39, 0.29) is 24.3 Å². The first kappa shape index (κ1) is 14.7. The zero-order valence-corrected chi connectivity index (χ0v) is 11.4. The van der Waals surface area contributed by atoms with E-state index in [9.17, 15) is 9.90 Å². The number of rotatable bonds is 6. The van der Waals surface area contributed by atoms with Crippen LogP contribution in [0.15, 0.2) is 24.3 Å². The Bertz CT molecular complexity index is 371. The van der Waals surface area contributed by atoms with Crippen LogP contribution < -0.4 is 5.32 Å². The van der Waals surface area contributed by atoms with Crippen molar-refractivity contribution in [2.75, 3.05) is 11.9 Å². The number of aliphatic hydroxyl groups excluding tert-OH is 1. The summed E-state index contributed by atoms with van der Waals surface area (Å²) in [5, 5.41) is 12.0. The molecule has 0 radical (unpaired) electrons. The van der Waals surface area contributed by atoms with E-state index in [1.165, 1.54) is 5.56 Å². The molecule has 1 aromatic carbocycles. The van der Waals surface area contributed by atoms with Gasteiger partial charge < -0.3 is 10.4 Å². The van der Waals surface area contributed by atoms with E-state index in [0.717, 1.165) is 18.5 Å². The van der Waals surface area contributed by atoms with E-state index in [1.54, 1.807) is 0 Å². The maximum absolute atomic E-state index is 11.9. The van der Waals surface area contributed by atoms with Crippen LogP contribution in [-0.4, -0.2) is 17.6 Å². The molecule has 0 fully saturated rings. The quantitative estimate of drug-likeness (QED) is 0.814. The van der Waals surface area contributed by atoms with Gasteiger partial charge in [-0.3, -0.25) is 4.79 Å². The van der Waals surface area contributed by atoms with Gasteiger partial charge in [-0.15, -0.1) is 0 Å². The van der Waals surface area contributed by atoms with Crippen LogP contribution in [0.2, 0.25) is 0 Å². The van der Waals surface area contributed by atoms with Crippen LogP contribution in [-0.2, 0) is 11.2 Å². The third-order valence-corrected chi connectivity index (χ3v) is 3.10. The summed E-state index contributed by atoms with van der Waals surface area (Å²) in [4.78, 5) is 11.9. The molecule has 0 heterocycles. The molecule has 18 heavy (non-hydrogen) atoms. The number of amides is 1. The molecule has 0 aliphatic carbocycles. The van der Waals surface area contributed by atoms with Crippen molar-refractivity contribution < 1.29 is 9.90 Å². The lowest BCUT2D eigenvalue weighted by molar-refractivity contribution is -0.122. The van der Waals surface area contributed by atoms with Gasteiger partial charge in [0, 0.05) is 5.69 Å². The van der Waals surface area contributed by atoms with Gasteiger partial charge in [-0.2, -0.15) is 0 Å². The molecule has 100 valence electrons. The summed E-state index contributed by atoms with van der Waals surface area (Å²) in [6, 6.07) is 7.89. The molecule has 1 atom stereocenters. The Morgan fingerprint density at radius 1 is 1.28 bits per heavy atom. The molecule has 1 rings (SSSR count). The van der Waals surface area contributed by atoms with E-state index in [4.69, 9.17) is 0 Å². The molecule has 0 aromatic heterocycles. The van der Waals surface area contributed by atoms with Crippen molar-refractivity contribution in [3.05, 3.63) is 29.8 Å². The Morgan fingerprint density at radius 3 is 2.33 bits per heavy atom. The molecular weight excluding hydrogens is 226 g/mol. The first-order chi connectivity index (χ1) is 8.58. The summed E-state index contributed by atoms with van der Waals surface area (Å²) in [6.45, 7) is 5.90. The van der Waals surface area contributed by atoms with Gasteiger partial charge in [0.1, 0.15) is 0 Å². The van der Waals surface area contributed by atoms with Gasteiger partial charge in [-0.05, 0) is 30.0 Å². The summed E-state index contributed by atoms with van der Waals surface area (Å²) in [6.07, 6.45) is 2.17. The highest BCUT2D eigenvalue weighted by Gasteiger charge is 2.21. The number of aliphatic hydroxyl groups is 1. The van der Waals surface area contributed by atoms with Crippen molar-refractivity contribution in [3.63, 3.8) is 0 Å². The molecular formula is C15H23NO2. The Hall–Kier alpha value is -1.35. The second kappa shape index (κ2) is 7.17. The standard InChI is InChI=1S/C15H23NO2/c1-4-5-12-6-8-13(9-7-12)16-15(18)14(10-17)11(2)3/h6-9,11,14,17H,4-5,10H2,1-3H3,(H,16,18). The van der Waals surface area contributed by atoms with E-state index in [2.05, 4.69) is 12.2 Å². The molecule has 2 N–H and O–H groups in total. The van der Waals surface area contributed by atoms with Crippen LogP contribution in [0.4, 0.5) is 5.69 Å². The second-order valence-corrected chi connectivity index (χ2v) is 4.97. The first-order valence-electron chi connectivity index (χ1n) is 6.59. The zero-order valence-electron chi connectivity index (χ0n) is 11.4. The highest BCUT2D eigenvalue weighted by atomic mass is 16.3. The third-order valence-electron chi connectivity index (χ3n) is 3.10. The number of carbonyl (C=O) groups is 1. The minimum Gasteiger partial charge on any atom is -0.396 e. The number of hydrogen-bond acceptors (Lipinski definition) is 2. The lowest BCUT2D eigenvalue weighted by atomic mass is 9.96. The van der Waals surface area contributed by atoms with Crippen molar-refractivity contribution in [1.29, 1.82) is 0 Å². The predicted molar refractivity (Wildman–Crippen MR) is 74.5 cm³/mol. The van der Waals surface area contributed by atoms with Crippen molar-refractivity contribution in [2.24, 2.45) is 11.8 Å². The van der Waals surface area contributed by atoms with E-state index >= 15 is 0 Å². The summed E-state index contributed by atoms with van der Waals surface area (Å²) >= 11 is 0. The highest BCUT2D eigenvalue weighted by molar-refractivity contribution is 5.92. The largest absolute Gasteiger partial charge is 0.396 e. The van der Waals surface area contributed by atoms with Crippen LogP contribution >= 0.6 is 0 Å². The number of nitrogens with one attached hydrogen (secondary N) is 1. The van der Waals surface area contributed by atoms with Crippen LogP contribution in [0.25, 0.3) is 0 Å². The highest BCUT2D eigenvalue weighted by Crippen LogP contribution is 2.15. The molecule has 1 unspecified atom stereocenters. The van der Waals surface area contributed by atoms with Crippen LogP contribution in [0, 0.1) is 11.8 Å². The average Bonchev–Trinajstić information content (AvgIpc) is 2.32. The van der Waals surface area contributed by atoms with Gasteiger partial charge in [-0.1, -0.05) is 39.3 Å². The van der Waals surface area contributed by atoms with Crippen molar-refractivity contribution in [1.82, 2.24) is 0 Å². The topological polar surface area (TPSA) is 49.3 Å². The Kier molecular flexibility index (Phi) is 5.86. The number of benzene rings is 1. The Morgan fingerprint density at radius 2 is 1.89 bits per heavy atom. The van der Waals surface area contributed by atoms with Gasteiger partial charge in [0.25, 0.3) is 0 Å². The van der Waals surface area contributed by atoms with E-state index in [0.29, 0.717) is 0 Å². The molecule has 0 aliphatic heterocycles. The summed E-state index contributed by atoms with van der Waals surface area (Å²) in [5.74, 6) is -0.328. The fourth-order valence-electron chi connectivity index (χ4n) is 1.87. The van der Waals surface area contributed by atoms with Crippen LogP contribution in [0.5, 0.6) is 0 Å². The number of carbonyl (C=O) groups excluding carboxylic acids is 1. The van der Waals surface area contributed by atoms with Crippen molar-refractivity contribution in [3.8, 4) is 0 Å². The van der Waals surface area contributed by atoms with E-state index in [1.807, 2.05) is 38.1 Å². The minimum absolute atomic E-state index is 0.114. The van der Waals surface area contributed by atoms with Gasteiger partial charge in [0.15, 0.2) is 0 Å². The Balaban J connectivity index is 2.64. The molecule has 1 aromatic rings. The van der Waals surface area contributed by atoms with Crippen molar-refractivity contribution >= 4 is 11.6 Å². The first-order valence-corrected chi connectivity index (χ1v) is 6.59. The molecule has 0 bridgehead atoms. The minimum atomic E-state index is -0.347. The number of hydrogen-bond donors (Lipinski definition) is 2. The maximum Gasteiger partial charge on any atom is 0.230 e. The van der Waals surface area contributed by atoms with Crippen LogP contribution in [0.1, 0.15) is 32.8 Å². The van der Waals surface area contributed by atoms with Gasteiger partial charge in [0.2, 0.25) is 5.91 Å². The molecule has 3 heteroatoms. The molecule has 1 amide bonds. The fourth-order valence-corrected chi connectivity index (χ4v) is 1.87. The van der Waals surface area contributed by atoms with E-state index < -0.39 is 0 Å². The predicted octanol–water partition coefficient (Wildman–Crippen LogP) is 2.84. The van der Waals surface area contributed by atoms with Gasteiger partial charge in [0.05, 0.1) is 12.5 Å². The smallest absolute Gasteiger partial charge is 0.230 e. The van der Waals surface area contributed by atoms with Crippen molar-refractivity contribution in [2.45, 2.75) is 33.6 Å². The number of aryl methyl sites for hydroxylation is 1. The summed E-state index contributed by atoms with van der Waals surface area (Å²) in [5.41, 5.74) is 2.07. The SMILES string of the molecule is CCCc1ccc(NC(=O)C(CO)C(C)C)cc1. The third kappa shape index (κ3) is 4.15. The molecule has 0 saturated heterocycles. The molecule has 0 spiro atoms.